The van der Waals surface area contributed by atoms with Gasteiger partial charge in [-0.05, 0) is 50.8 Å². The maximum Gasteiger partial charge on any atom is 0.251 e. The Morgan fingerprint density at radius 1 is 1.09 bits per heavy atom. The molecular formula is C19H28N2O2. The van der Waals surface area contributed by atoms with Crippen molar-refractivity contribution >= 4 is 5.91 Å². The summed E-state index contributed by atoms with van der Waals surface area (Å²) in [6.45, 7) is 5.70. The van der Waals surface area contributed by atoms with Gasteiger partial charge in [-0.15, -0.1) is 0 Å². The van der Waals surface area contributed by atoms with Crippen molar-refractivity contribution in [2.24, 2.45) is 0 Å². The molecule has 0 unspecified atom stereocenters. The van der Waals surface area contributed by atoms with Crippen molar-refractivity contribution in [2.75, 3.05) is 39.3 Å². The molecule has 1 amide bonds. The fourth-order valence-electron chi connectivity index (χ4n) is 3.54. The van der Waals surface area contributed by atoms with Gasteiger partial charge in [-0.25, -0.2) is 0 Å². The van der Waals surface area contributed by atoms with E-state index in [9.17, 15) is 4.79 Å². The second-order valence-corrected chi connectivity index (χ2v) is 6.61. The van der Waals surface area contributed by atoms with Crippen LogP contribution in [0.3, 0.4) is 0 Å². The molecule has 1 aromatic carbocycles. The summed E-state index contributed by atoms with van der Waals surface area (Å²) in [5.74, 6) is 0.216. The third-order valence-corrected chi connectivity index (χ3v) is 4.89. The lowest BCUT2D eigenvalue weighted by Gasteiger charge is -2.24. The van der Waals surface area contributed by atoms with E-state index in [0.717, 1.165) is 65.0 Å². The van der Waals surface area contributed by atoms with Crippen molar-refractivity contribution in [1.82, 2.24) is 9.80 Å². The minimum absolute atomic E-state index is 0.167. The average Bonchev–Trinajstić information content (AvgIpc) is 3.02. The van der Waals surface area contributed by atoms with Gasteiger partial charge in [0.05, 0.1) is 0 Å². The van der Waals surface area contributed by atoms with E-state index >= 15 is 0 Å². The Morgan fingerprint density at radius 3 is 2.74 bits per heavy atom. The fraction of sp³-hybridized carbons (Fsp3) is 0.632. The van der Waals surface area contributed by atoms with Gasteiger partial charge < -0.3 is 14.5 Å². The lowest BCUT2D eigenvalue weighted by molar-refractivity contribution is -0.140. The van der Waals surface area contributed by atoms with Gasteiger partial charge in [-0.1, -0.05) is 30.3 Å². The van der Waals surface area contributed by atoms with Crippen LogP contribution in [0.5, 0.6) is 0 Å². The maximum absolute atomic E-state index is 12.4. The van der Waals surface area contributed by atoms with Crippen LogP contribution in [0.25, 0.3) is 0 Å². The molecule has 0 aromatic heterocycles. The van der Waals surface area contributed by atoms with Crippen molar-refractivity contribution in [2.45, 2.75) is 38.2 Å². The van der Waals surface area contributed by atoms with E-state index in [1.165, 1.54) is 12.0 Å². The topological polar surface area (TPSA) is 32.8 Å². The smallest absolute Gasteiger partial charge is 0.251 e. The highest BCUT2D eigenvalue weighted by atomic mass is 16.5. The molecule has 0 saturated carbocycles. The third-order valence-electron chi connectivity index (χ3n) is 4.89. The van der Waals surface area contributed by atoms with Gasteiger partial charge >= 0.3 is 0 Å². The molecule has 0 bridgehead atoms. The molecule has 23 heavy (non-hydrogen) atoms. The summed E-state index contributed by atoms with van der Waals surface area (Å²) in [5, 5.41) is 0. The number of hydrogen-bond acceptors (Lipinski definition) is 3. The number of hydrogen-bond donors (Lipinski definition) is 0. The van der Waals surface area contributed by atoms with Crippen LogP contribution in [0.4, 0.5) is 0 Å². The second kappa shape index (κ2) is 8.46. The van der Waals surface area contributed by atoms with Crippen molar-refractivity contribution < 1.29 is 9.53 Å². The molecule has 3 rings (SSSR count). The van der Waals surface area contributed by atoms with Gasteiger partial charge in [0.25, 0.3) is 5.91 Å². The van der Waals surface area contributed by atoms with Crippen molar-refractivity contribution in [1.29, 1.82) is 0 Å². The van der Waals surface area contributed by atoms with Gasteiger partial charge in [0, 0.05) is 26.2 Å². The summed E-state index contributed by atoms with van der Waals surface area (Å²) < 4.78 is 5.54. The van der Waals surface area contributed by atoms with Crippen LogP contribution in [0.2, 0.25) is 0 Å². The number of amides is 1. The maximum atomic E-state index is 12.4. The first-order valence-electron chi connectivity index (χ1n) is 8.99. The summed E-state index contributed by atoms with van der Waals surface area (Å²) in [4.78, 5) is 17.0. The molecule has 1 atom stereocenters. The van der Waals surface area contributed by atoms with E-state index < -0.39 is 0 Å². The van der Waals surface area contributed by atoms with Gasteiger partial charge in [-0.3, -0.25) is 4.79 Å². The van der Waals surface area contributed by atoms with Gasteiger partial charge in [-0.2, -0.15) is 0 Å². The summed E-state index contributed by atoms with van der Waals surface area (Å²) in [6, 6.07) is 10.7. The van der Waals surface area contributed by atoms with Crippen molar-refractivity contribution in [3.05, 3.63) is 35.9 Å². The molecule has 2 aliphatic rings. The van der Waals surface area contributed by atoms with Crippen LogP contribution in [-0.4, -0.2) is 61.1 Å². The van der Waals surface area contributed by atoms with Crippen LogP contribution >= 0.6 is 0 Å². The van der Waals surface area contributed by atoms with Gasteiger partial charge in [0.2, 0.25) is 0 Å². The number of nitrogens with zero attached hydrogens (tertiary/aromatic N) is 2. The minimum atomic E-state index is -0.167. The second-order valence-electron chi connectivity index (χ2n) is 6.61. The lowest BCUT2D eigenvalue weighted by atomic mass is 10.1. The Morgan fingerprint density at radius 2 is 1.96 bits per heavy atom. The molecule has 4 nitrogen and oxygen atoms in total. The first-order valence-corrected chi connectivity index (χ1v) is 8.99. The zero-order valence-electron chi connectivity index (χ0n) is 14.0. The number of rotatable bonds is 5. The largest absolute Gasteiger partial charge is 0.368 e. The standard InChI is InChI=1S/C19H28N2O2/c22-19(18-10-5-16-23-18)21-13-6-12-20(14-15-21)11-4-9-17-7-2-1-3-8-17/h1-3,7-8,18H,4-6,9-16H2/t18-/m1/s1. The van der Waals surface area contributed by atoms with Crippen molar-refractivity contribution in [3.63, 3.8) is 0 Å². The van der Waals surface area contributed by atoms with E-state index in [4.69, 9.17) is 4.74 Å². The number of carbonyl (C=O) groups is 1. The van der Waals surface area contributed by atoms with Crippen LogP contribution in [0.1, 0.15) is 31.2 Å². The zero-order chi connectivity index (χ0) is 15.9. The Kier molecular flexibility index (Phi) is 6.06. The Labute approximate surface area is 139 Å². The summed E-state index contributed by atoms with van der Waals surface area (Å²) in [5.41, 5.74) is 1.41. The molecule has 4 heteroatoms. The molecular weight excluding hydrogens is 288 g/mol. The minimum Gasteiger partial charge on any atom is -0.368 e. The quantitative estimate of drug-likeness (QED) is 0.836. The Bertz CT molecular complexity index is 485. The Hall–Kier alpha value is -1.39. The molecule has 0 spiro atoms. The van der Waals surface area contributed by atoms with E-state index in [1.54, 1.807) is 0 Å². The first kappa shape index (κ1) is 16.5. The molecule has 0 aliphatic carbocycles. The molecule has 2 fully saturated rings. The highest BCUT2D eigenvalue weighted by molar-refractivity contribution is 5.81. The first-order chi connectivity index (χ1) is 11.3. The van der Waals surface area contributed by atoms with Gasteiger partial charge in [0.1, 0.15) is 6.10 Å². The number of ether oxygens (including phenoxy) is 1. The number of carbonyl (C=O) groups excluding carboxylic acids is 1. The molecule has 2 saturated heterocycles. The predicted molar refractivity (Wildman–Crippen MR) is 91.4 cm³/mol. The monoisotopic (exact) mass is 316 g/mol. The zero-order valence-corrected chi connectivity index (χ0v) is 14.0. The van der Waals surface area contributed by atoms with E-state index in [-0.39, 0.29) is 12.0 Å². The van der Waals surface area contributed by atoms with Gasteiger partial charge in [0.15, 0.2) is 0 Å². The van der Waals surface area contributed by atoms with Crippen LogP contribution < -0.4 is 0 Å². The fourth-order valence-corrected chi connectivity index (χ4v) is 3.54. The van der Waals surface area contributed by atoms with Crippen molar-refractivity contribution in [3.8, 4) is 0 Å². The summed E-state index contributed by atoms with van der Waals surface area (Å²) in [6.07, 6.45) is 5.15. The molecule has 1 aromatic rings. The summed E-state index contributed by atoms with van der Waals surface area (Å²) in [7, 11) is 0. The molecule has 2 heterocycles. The molecule has 126 valence electrons. The highest BCUT2D eigenvalue weighted by Gasteiger charge is 2.29. The van der Waals surface area contributed by atoms with Crippen LogP contribution in [-0.2, 0) is 16.0 Å². The normalized spacial score (nSPS) is 23.0. The molecule has 0 radical (unpaired) electrons. The molecule has 2 aliphatic heterocycles. The van der Waals surface area contributed by atoms with E-state index in [1.807, 2.05) is 4.90 Å². The predicted octanol–water partition coefficient (Wildman–Crippen LogP) is 2.33. The lowest BCUT2D eigenvalue weighted by Crippen LogP contribution is -2.41. The highest BCUT2D eigenvalue weighted by Crippen LogP contribution is 2.16. The van der Waals surface area contributed by atoms with Crippen LogP contribution in [0, 0.1) is 0 Å². The summed E-state index contributed by atoms with van der Waals surface area (Å²) >= 11 is 0. The number of benzene rings is 1. The van der Waals surface area contributed by atoms with Crippen LogP contribution in [0.15, 0.2) is 30.3 Å². The Balaban J connectivity index is 1.40. The average molecular weight is 316 g/mol. The van der Waals surface area contributed by atoms with E-state index in [2.05, 4.69) is 35.2 Å². The molecule has 0 N–H and O–H groups in total. The SMILES string of the molecule is O=C([C@H]1CCCO1)N1CCCN(CCCc2ccccc2)CC1. The third kappa shape index (κ3) is 4.79. The van der Waals surface area contributed by atoms with E-state index in [0.29, 0.717) is 0 Å². The number of aryl methyl sites for hydroxylation is 1.